The monoisotopic (exact) mass is 215 g/mol. The Bertz CT molecular complexity index is 486. The number of anilines is 1. The van der Waals surface area contributed by atoms with Crippen LogP contribution in [0.2, 0.25) is 0 Å². The van der Waals surface area contributed by atoms with Gasteiger partial charge in [0.15, 0.2) is 0 Å². The van der Waals surface area contributed by atoms with Gasteiger partial charge in [-0.3, -0.25) is 4.68 Å². The minimum Gasteiger partial charge on any atom is -0.381 e. The van der Waals surface area contributed by atoms with Crippen molar-refractivity contribution in [3.63, 3.8) is 0 Å². The minimum atomic E-state index is 0.818. The van der Waals surface area contributed by atoms with Gasteiger partial charge in [0.2, 0.25) is 0 Å². The van der Waals surface area contributed by atoms with E-state index in [1.807, 2.05) is 24.1 Å². The highest BCUT2D eigenvalue weighted by atomic mass is 15.2. The summed E-state index contributed by atoms with van der Waals surface area (Å²) >= 11 is 0. The number of rotatable bonds is 3. The maximum Gasteiger partial charge on any atom is 0.0539 e. The van der Waals surface area contributed by atoms with Crippen LogP contribution in [0.1, 0.15) is 16.7 Å². The van der Waals surface area contributed by atoms with Gasteiger partial charge in [0, 0.05) is 31.0 Å². The van der Waals surface area contributed by atoms with Crippen molar-refractivity contribution >= 4 is 5.69 Å². The summed E-state index contributed by atoms with van der Waals surface area (Å²) in [4.78, 5) is 0. The van der Waals surface area contributed by atoms with Crippen LogP contribution in [0.4, 0.5) is 5.69 Å². The molecule has 0 unspecified atom stereocenters. The molecule has 3 nitrogen and oxygen atoms in total. The van der Waals surface area contributed by atoms with Crippen LogP contribution in [0.25, 0.3) is 0 Å². The fourth-order valence-electron chi connectivity index (χ4n) is 1.70. The second-order valence-corrected chi connectivity index (χ2v) is 4.12. The highest BCUT2D eigenvalue weighted by Gasteiger charge is 2.01. The Kier molecular flexibility index (Phi) is 2.95. The number of hydrogen-bond acceptors (Lipinski definition) is 2. The van der Waals surface area contributed by atoms with Crippen molar-refractivity contribution in [3.05, 3.63) is 47.3 Å². The van der Waals surface area contributed by atoms with Crippen LogP contribution in [0, 0.1) is 13.8 Å². The summed E-state index contributed by atoms with van der Waals surface area (Å²) in [5.74, 6) is 0. The van der Waals surface area contributed by atoms with E-state index in [4.69, 9.17) is 0 Å². The topological polar surface area (TPSA) is 29.9 Å². The van der Waals surface area contributed by atoms with Crippen LogP contribution in [0.5, 0.6) is 0 Å². The summed E-state index contributed by atoms with van der Waals surface area (Å²) < 4.78 is 1.82. The van der Waals surface area contributed by atoms with Gasteiger partial charge in [-0.05, 0) is 31.0 Å². The predicted molar refractivity (Wildman–Crippen MR) is 66.5 cm³/mol. The zero-order valence-corrected chi connectivity index (χ0v) is 9.99. The van der Waals surface area contributed by atoms with Crippen molar-refractivity contribution in [2.75, 3.05) is 5.32 Å². The summed E-state index contributed by atoms with van der Waals surface area (Å²) in [6.07, 6.45) is 3.91. The fourth-order valence-corrected chi connectivity index (χ4v) is 1.70. The Hall–Kier alpha value is -1.77. The van der Waals surface area contributed by atoms with Gasteiger partial charge in [-0.15, -0.1) is 0 Å². The van der Waals surface area contributed by atoms with E-state index in [-0.39, 0.29) is 0 Å². The van der Waals surface area contributed by atoms with Crippen molar-refractivity contribution in [1.82, 2.24) is 9.78 Å². The number of aromatic nitrogens is 2. The molecule has 84 valence electrons. The van der Waals surface area contributed by atoms with Crippen molar-refractivity contribution < 1.29 is 0 Å². The normalized spacial score (nSPS) is 10.4. The SMILES string of the molecule is Cc1cccc(NCc2cnn(C)c2)c1C. The molecule has 0 aliphatic rings. The first-order chi connectivity index (χ1) is 7.66. The molecular formula is C13H17N3. The number of hydrogen-bond donors (Lipinski definition) is 1. The molecule has 2 aromatic rings. The Morgan fingerprint density at radius 3 is 2.81 bits per heavy atom. The zero-order valence-electron chi connectivity index (χ0n) is 9.99. The highest BCUT2D eigenvalue weighted by molar-refractivity contribution is 5.53. The summed E-state index contributed by atoms with van der Waals surface area (Å²) in [6, 6.07) is 6.32. The van der Waals surface area contributed by atoms with E-state index in [2.05, 4.69) is 42.5 Å². The number of aryl methyl sites for hydroxylation is 2. The van der Waals surface area contributed by atoms with Crippen LogP contribution in [-0.2, 0) is 13.6 Å². The Morgan fingerprint density at radius 1 is 1.31 bits per heavy atom. The molecule has 1 aromatic carbocycles. The van der Waals surface area contributed by atoms with Crippen LogP contribution in [0.3, 0.4) is 0 Å². The molecule has 0 saturated heterocycles. The van der Waals surface area contributed by atoms with Gasteiger partial charge < -0.3 is 5.32 Å². The van der Waals surface area contributed by atoms with E-state index >= 15 is 0 Å². The largest absolute Gasteiger partial charge is 0.381 e. The Morgan fingerprint density at radius 2 is 2.12 bits per heavy atom. The maximum absolute atomic E-state index is 4.15. The standard InChI is InChI=1S/C13H17N3/c1-10-5-4-6-13(11(10)2)14-7-12-8-15-16(3)9-12/h4-6,8-9,14H,7H2,1-3H3. The molecule has 0 bridgehead atoms. The van der Waals surface area contributed by atoms with E-state index in [1.165, 1.54) is 22.4 Å². The lowest BCUT2D eigenvalue weighted by atomic mass is 10.1. The second-order valence-electron chi connectivity index (χ2n) is 4.12. The van der Waals surface area contributed by atoms with Crippen LogP contribution >= 0.6 is 0 Å². The van der Waals surface area contributed by atoms with Gasteiger partial charge in [-0.1, -0.05) is 12.1 Å². The second kappa shape index (κ2) is 4.39. The quantitative estimate of drug-likeness (QED) is 0.853. The first kappa shape index (κ1) is 10.7. The van der Waals surface area contributed by atoms with E-state index in [0.717, 1.165) is 6.54 Å². The molecule has 0 aliphatic carbocycles. The molecule has 1 N–H and O–H groups in total. The zero-order chi connectivity index (χ0) is 11.5. The molecular weight excluding hydrogens is 198 g/mol. The van der Waals surface area contributed by atoms with Crippen LogP contribution in [0.15, 0.2) is 30.6 Å². The van der Waals surface area contributed by atoms with Crippen molar-refractivity contribution in [2.45, 2.75) is 20.4 Å². The maximum atomic E-state index is 4.15. The Balaban J connectivity index is 2.07. The average molecular weight is 215 g/mol. The average Bonchev–Trinajstić information content (AvgIpc) is 2.67. The number of nitrogens with one attached hydrogen (secondary N) is 1. The van der Waals surface area contributed by atoms with Gasteiger partial charge in [0.05, 0.1) is 6.20 Å². The lowest BCUT2D eigenvalue weighted by Crippen LogP contribution is -2.01. The molecule has 3 heteroatoms. The first-order valence-electron chi connectivity index (χ1n) is 5.44. The molecule has 16 heavy (non-hydrogen) atoms. The minimum absolute atomic E-state index is 0.818. The molecule has 0 radical (unpaired) electrons. The van der Waals surface area contributed by atoms with Gasteiger partial charge in [0.1, 0.15) is 0 Å². The van der Waals surface area contributed by atoms with Crippen molar-refractivity contribution in [3.8, 4) is 0 Å². The van der Waals surface area contributed by atoms with Gasteiger partial charge >= 0.3 is 0 Å². The molecule has 0 atom stereocenters. The molecule has 0 fully saturated rings. The smallest absolute Gasteiger partial charge is 0.0539 e. The lowest BCUT2D eigenvalue weighted by molar-refractivity contribution is 0.767. The van der Waals surface area contributed by atoms with Crippen molar-refractivity contribution in [2.24, 2.45) is 7.05 Å². The molecule has 1 heterocycles. The third kappa shape index (κ3) is 2.24. The van der Waals surface area contributed by atoms with Crippen LogP contribution < -0.4 is 5.32 Å². The Labute approximate surface area is 96.1 Å². The molecule has 1 aromatic heterocycles. The van der Waals surface area contributed by atoms with E-state index < -0.39 is 0 Å². The first-order valence-corrected chi connectivity index (χ1v) is 5.44. The van der Waals surface area contributed by atoms with Gasteiger partial charge in [-0.25, -0.2) is 0 Å². The number of nitrogens with zero attached hydrogens (tertiary/aromatic N) is 2. The third-order valence-corrected chi connectivity index (χ3v) is 2.85. The predicted octanol–water partition coefficient (Wildman–Crippen LogP) is 2.65. The van der Waals surface area contributed by atoms with E-state index in [0.29, 0.717) is 0 Å². The summed E-state index contributed by atoms with van der Waals surface area (Å²) in [5.41, 5.74) is 5.02. The summed E-state index contributed by atoms with van der Waals surface area (Å²) in [7, 11) is 1.93. The highest BCUT2D eigenvalue weighted by Crippen LogP contribution is 2.18. The van der Waals surface area contributed by atoms with Crippen molar-refractivity contribution in [1.29, 1.82) is 0 Å². The van der Waals surface area contributed by atoms with Gasteiger partial charge in [0.25, 0.3) is 0 Å². The molecule has 0 amide bonds. The summed E-state index contributed by atoms with van der Waals surface area (Å²) in [5, 5.41) is 7.58. The van der Waals surface area contributed by atoms with E-state index in [9.17, 15) is 0 Å². The third-order valence-electron chi connectivity index (χ3n) is 2.85. The fraction of sp³-hybridized carbons (Fsp3) is 0.308. The summed E-state index contributed by atoms with van der Waals surface area (Å²) in [6.45, 7) is 5.09. The molecule has 2 rings (SSSR count). The molecule has 0 spiro atoms. The molecule has 0 saturated carbocycles. The van der Waals surface area contributed by atoms with Gasteiger partial charge in [-0.2, -0.15) is 5.10 Å². The van der Waals surface area contributed by atoms with Crippen LogP contribution in [-0.4, -0.2) is 9.78 Å². The van der Waals surface area contributed by atoms with E-state index in [1.54, 1.807) is 0 Å². The lowest BCUT2D eigenvalue weighted by Gasteiger charge is -2.10. The number of benzene rings is 1. The molecule has 0 aliphatic heterocycles.